The summed E-state index contributed by atoms with van der Waals surface area (Å²) in [6.45, 7) is 17.1. The minimum Gasteiger partial charge on any atom is -1.00 e. The van der Waals surface area contributed by atoms with Gasteiger partial charge in [0.05, 0.1) is 0 Å². The van der Waals surface area contributed by atoms with Crippen LogP contribution in [0, 0.1) is 20.8 Å². The molecule has 398 valence electrons. The Labute approximate surface area is 465 Å². The van der Waals surface area contributed by atoms with Crippen LogP contribution in [0.2, 0.25) is 3.34 Å². The number of nitrogens with zero attached hydrogens (tertiary/aromatic N) is 12. The zero-order valence-corrected chi connectivity index (χ0v) is 54.8. The molecule has 0 atom stereocenters. The van der Waals surface area contributed by atoms with E-state index in [9.17, 15) is 0 Å². The number of benzene rings is 3. The normalized spacial score (nSPS) is 13.0. The van der Waals surface area contributed by atoms with E-state index in [1.165, 1.54) is 123 Å². The van der Waals surface area contributed by atoms with Crippen LogP contribution in [0.5, 0.6) is 0 Å². The molecule has 1 aliphatic carbocycles. The van der Waals surface area contributed by atoms with Crippen molar-refractivity contribution in [2.24, 2.45) is 0 Å². The molecule has 0 saturated carbocycles. The molecule has 0 radical (unpaired) electrons. The maximum Gasteiger partial charge on any atom is -1.00 e. The van der Waals surface area contributed by atoms with E-state index in [0.717, 1.165) is 0 Å². The molecule has 1 aliphatic rings. The minimum absolute atomic E-state index is 0. The zero-order chi connectivity index (χ0) is 52.6. The maximum atomic E-state index is 2.67. The van der Waals surface area contributed by atoms with Crippen molar-refractivity contribution in [3.63, 3.8) is 0 Å². The monoisotopic (exact) mass is 1090 g/mol. The summed E-state index contributed by atoms with van der Waals surface area (Å²) in [6, 6.07) is 0. The molecule has 0 N–H and O–H groups in total. The largest absolute Gasteiger partial charge is 1.00 e. The molecule has 0 aromatic heterocycles. The quantitative estimate of drug-likeness (QED) is 0.116. The second-order valence-corrected chi connectivity index (χ2v) is 27.6. The summed E-state index contributed by atoms with van der Waals surface area (Å²) in [5, 5.41) is 4.29. The number of hydrogen-bond donors (Lipinski definition) is 0. The van der Waals surface area contributed by atoms with Gasteiger partial charge in [-0.3, -0.25) is 0 Å². The van der Waals surface area contributed by atoms with Gasteiger partial charge in [-0.1, -0.05) is 0 Å². The second-order valence-electron chi connectivity index (χ2n) is 21.9. The topological polar surface area (TPSA) is 38.9 Å². The first-order chi connectivity index (χ1) is 31.1. The second kappa shape index (κ2) is 23.4. The Morgan fingerprint density at radius 1 is 0.254 bits per heavy atom. The Balaban J connectivity index is 0.00000840. The fourth-order valence-electron chi connectivity index (χ4n) is 12.2. The van der Waals surface area contributed by atoms with Gasteiger partial charge in [0.1, 0.15) is 0 Å². The van der Waals surface area contributed by atoms with Crippen molar-refractivity contribution >= 4 is 91.9 Å². The third-order valence-electron chi connectivity index (χ3n) is 14.8. The molecular weight excluding hydrogens is 999 g/mol. The molecule has 17 heteroatoms. The van der Waals surface area contributed by atoms with E-state index in [1.807, 2.05) is 0 Å². The number of allylic oxidation sites excluding steroid dienone is 4. The van der Waals surface area contributed by atoms with Gasteiger partial charge >= 0.3 is 431 Å². The summed E-state index contributed by atoms with van der Waals surface area (Å²) in [5.74, 6) is 0. The van der Waals surface area contributed by atoms with Gasteiger partial charge in [0.2, 0.25) is 0 Å². The standard InChI is InChI=1S/C54H93N12Si.3ClH.Ti/c1-32-33(2)35(4)51(34(32)3)67(52-36(5)39(55(8)9)42(58(14)15)45(61(20)21)48(52)64(26)27,53-37(6)40(56(10)11)43(59(16)17)46(62(22)23)49(53)65(28)29)54-38(7)41(57(12)13)44(60(18)19)47(63(24)25)50(54)66(30)31;;;;/h1-31H3;3*1H;/q;;;;+3/p-3. The van der Waals surface area contributed by atoms with Gasteiger partial charge in [0.25, 0.3) is 0 Å². The molecule has 0 bridgehead atoms. The van der Waals surface area contributed by atoms with E-state index < -0.39 is 11.4 Å². The fourth-order valence-corrected chi connectivity index (χ4v) is 22.1. The van der Waals surface area contributed by atoms with Crippen LogP contribution >= 0.6 is 0 Å². The van der Waals surface area contributed by atoms with Gasteiger partial charge < -0.3 is 37.2 Å². The van der Waals surface area contributed by atoms with Crippen molar-refractivity contribution in [3.8, 4) is 0 Å². The Kier molecular flexibility index (Phi) is 21.6. The van der Waals surface area contributed by atoms with Crippen LogP contribution in [-0.2, 0) is 20.4 Å². The van der Waals surface area contributed by atoms with E-state index in [1.54, 1.807) is 0 Å². The number of halogens is 3. The van der Waals surface area contributed by atoms with Crippen LogP contribution in [0.15, 0.2) is 22.3 Å². The van der Waals surface area contributed by atoms with Gasteiger partial charge in [-0.2, -0.15) is 0 Å². The van der Waals surface area contributed by atoms with E-state index in [2.05, 4.69) is 297 Å². The van der Waals surface area contributed by atoms with Crippen LogP contribution in [-0.4, -0.2) is 177 Å². The molecule has 0 saturated heterocycles. The number of hydrogen-bond acceptors (Lipinski definition) is 12. The fraction of sp³-hybridized carbons (Fsp3) is 0.593. The smallest absolute Gasteiger partial charge is 1.00 e. The third-order valence-corrected chi connectivity index (χ3v) is 23.7. The van der Waals surface area contributed by atoms with Gasteiger partial charge in [0.15, 0.2) is 0 Å². The summed E-state index contributed by atoms with van der Waals surface area (Å²) in [5.41, 5.74) is 24.3. The number of rotatable bonds is 16. The Hall–Kier alpha value is -3.46. The number of anilines is 12. The first-order valence-electron chi connectivity index (χ1n) is 23.9. The van der Waals surface area contributed by atoms with Crippen molar-refractivity contribution in [1.29, 1.82) is 0 Å². The molecule has 0 spiro atoms. The maximum absolute atomic E-state index is 3.87. The van der Waals surface area contributed by atoms with Gasteiger partial charge in [-0.15, -0.1) is 0 Å². The van der Waals surface area contributed by atoms with E-state index in [-0.39, 0.29) is 37.2 Å². The minimum atomic E-state index is -3.87. The van der Waals surface area contributed by atoms with Crippen molar-refractivity contribution in [3.05, 3.63) is 39.0 Å². The zero-order valence-electron chi connectivity index (χ0n) is 50.0. The summed E-state index contributed by atoms with van der Waals surface area (Å²) in [4.78, 5) is 28.7. The first kappa shape index (κ1) is 65.6. The predicted octanol–water partition coefficient (Wildman–Crippen LogP) is -2.18. The van der Waals surface area contributed by atoms with Crippen molar-refractivity contribution in [2.45, 2.75) is 51.8 Å². The third kappa shape index (κ3) is 9.87. The van der Waals surface area contributed by atoms with E-state index in [4.69, 9.17) is 0 Å². The van der Waals surface area contributed by atoms with E-state index >= 15 is 0 Å². The Bertz CT molecular complexity index is 2260. The molecular formula is C54H93Cl3N12SiTi. The van der Waals surface area contributed by atoms with Crippen molar-refractivity contribution < 1.29 is 57.7 Å². The van der Waals surface area contributed by atoms with Crippen LogP contribution in [0.4, 0.5) is 68.2 Å². The molecule has 12 nitrogen and oxygen atoms in total. The van der Waals surface area contributed by atoms with Gasteiger partial charge in [-0.25, -0.2) is 0 Å². The summed E-state index contributed by atoms with van der Waals surface area (Å²) in [7, 11) is 50.0. The molecule has 0 fully saturated rings. The van der Waals surface area contributed by atoms with Gasteiger partial charge in [0, 0.05) is 0 Å². The molecule has 0 amide bonds. The van der Waals surface area contributed by atoms with Crippen LogP contribution in [0.3, 0.4) is 0 Å². The average Bonchev–Trinajstić information content (AvgIpc) is 3.34. The first-order valence-corrected chi connectivity index (χ1v) is 26.7. The molecule has 4 rings (SSSR count). The molecule has 3 aromatic carbocycles. The Morgan fingerprint density at radius 3 is 0.535 bits per heavy atom. The van der Waals surface area contributed by atoms with Crippen LogP contribution in [0.1, 0.15) is 44.4 Å². The molecule has 71 heavy (non-hydrogen) atoms. The van der Waals surface area contributed by atoms with Crippen LogP contribution < -0.4 is 112 Å². The molecule has 0 aliphatic heterocycles. The summed E-state index contributed by atoms with van der Waals surface area (Å²) >= 11 is 2.67. The van der Waals surface area contributed by atoms with Crippen LogP contribution in [0.25, 0.3) is 0 Å². The average molecular weight is 1090 g/mol. The van der Waals surface area contributed by atoms with E-state index in [0.29, 0.717) is 0 Å². The molecule has 0 heterocycles. The predicted molar refractivity (Wildman–Crippen MR) is 310 cm³/mol. The molecule has 3 aromatic rings. The summed E-state index contributed by atoms with van der Waals surface area (Å²) < 4.78 is -0.520. The Morgan fingerprint density at radius 2 is 0.394 bits per heavy atom. The van der Waals surface area contributed by atoms with Gasteiger partial charge in [-0.05, 0) is 0 Å². The van der Waals surface area contributed by atoms with Crippen molar-refractivity contribution in [2.75, 3.05) is 228 Å². The van der Waals surface area contributed by atoms with Crippen molar-refractivity contribution in [1.82, 2.24) is 0 Å². The summed E-state index contributed by atoms with van der Waals surface area (Å²) in [6.07, 6.45) is 0. The molecule has 0 unspecified atom stereocenters. The SMILES string of the molecule is CC1=C(C)[C]([Ti+3])([Si](c2c(C)c(N(C)C)c(N(C)C)c(N(C)C)c2N(C)C)(c2c(C)c(N(C)C)c(N(C)C)c(N(C)C)c2N(C)C)c2c(C)c(N(C)C)c(N(C)C)c(N(C)C)c2N(C)C)C(C)=C1C.[Cl-].[Cl-].[Cl-].